The van der Waals surface area contributed by atoms with Gasteiger partial charge in [0.05, 0.1) is 6.04 Å². The zero-order valence-corrected chi connectivity index (χ0v) is 11.0. The van der Waals surface area contributed by atoms with Crippen molar-refractivity contribution in [1.29, 1.82) is 0 Å². The van der Waals surface area contributed by atoms with Crippen molar-refractivity contribution >= 4 is 5.91 Å². The van der Waals surface area contributed by atoms with Crippen LogP contribution in [0.15, 0.2) is 30.3 Å². The molecule has 1 aromatic carbocycles. The Morgan fingerprint density at radius 3 is 2.61 bits per heavy atom. The SMILES string of the molecule is CC1(NC(=O)C(N)CCc2ccccc2)CCC1. The quantitative estimate of drug-likeness (QED) is 0.835. The van der Waals surface area contributed by atoms with Crippen LogP contribution in [0.2, 0.25) is 0 Å². The molecule has 0 aromatic heterocycles. The summed E-state index contributed by atoms with van der Waals surface area (Å²) in [6, 6.07) is 9.75. The Hall–Kier alpha value is -1.35. The molecule has 1 aromatic rings. The standard InChI is InChI=1S/C15H22N2O/c1-15(10-5-11-15)17-14(18)13(16)9-8-12-6-3-2-4-7-12/h2-4,6-7,13H,5,8-11,16H2,1H3,(H,17,18). The van der Waals surface area contributed by atoms with Crippen molar-refractivity contribution in [1.82, 2.24) is 5.32 Å². The van der Waals surface area contributed by atoms with E-state index in [1.807, 2.05) is 18.2 Å². The molecule has 98 valence electrons. The number of benzene rings is 1. The fourth-order valence-corrected chi connectivity index (χ4v) is 2.32. The maximum atomic E-state index is 11.9. The van der Waals surface area contributed by atoms with E-state index in [4.69, 9.17) is 5.73 Å². The van der Waals surface area contributed by atoms with Crippen LogP contribution in [-0.2, 0) is 11.2 Å². The highest BCUT2D eigenvalue weighted by molar-refractivity contribution is 5.82. The van der Waals surface area contributed by atoms with Crippen LogP contribution >= 0.6 is 0 Å². The largest absolute Gasteiger partial charge is 0.350 e. The van der Waals surface area contributed by atoms with Gasteiger partial charge in [-0.05, 0) is 44.6 Å². The lowest BCUT2D eigenvalue weighted by molar-refractivity contribution is -0.125. The molecule has 1 atom stereocenters. The highest BCUT2D eigenvalue weighted by Gasteiger charge is 2.34. The van der Waals surface area contributed by atoms with Crippen LogP contribution in [0.3, 0.4) is 0 Å². The van der Waals surface area contributed by atoms with Gasteiger partial charge < -0.3 is 11.1 Å². The number of nitrogens with two attached hydrogens (primary N) is 1. The number of amides is 1. The topological polar surface area (TPSA) is 55.1 Å². The number of carbonyl (C=O) groups is 1. The molecule has 1 unspecified atom stereocenters. The third kappa shape index (κ3) is 3.33. The van der Waals surface area contributed by atoms with Crippen LogP contribution in [0.25, 0.3) is 0 Å². The molecule has 1 aliphatic rings. The van der Waals surface area contributed by atoms with Gasteiger partial charge in [-0.1, -0.05) is 30.3 Å². The molecule has 1 fully saturated rings. The van der Waals surface area contributed by atoms with Crippen LogP contribution in [0.1, 0.15) is 38.2 Å². The van der Waals surface area contributed by atoms with E-state index in [-0.39, 0.29) is 11.4 Å². The third-order valence-corrected chi connectivity index (χ3v) is 3.81. The van der Waals surface area contributed by atoms with Crippen LogP contribution < -0.4 is 11.1 Å². The average Bonchev–Trinajstić information content (AvgIpc) is 2.35. The lowest BCUT2D eigenvalue weighted by Crippen LogP contribution is -2.55. The highest BCUT2D eigenvalue weighted by atomic mass is 16.2. The van der Waals surface area contributed by atoms with E-state index in [1.54, 1.807) is 0 Å². The van der Waals surface area contributed by atoms with Crippen molar-refractivity contribution in [3.8, 4) is 0 Å². The summed E-state index contributed by atoms with van der Waals surface area (Å²) < 4.78 is 0. The first-order valence-electron chi connectivity index (χ1n) is 6.71. The summed E-state index contributed by atoms with van der Waals surface area (Å²) in [5, 5.41) is 3.06. The van der Waals surface area contributed by atoms with Gasteiger partial charge in [-0.15, -0.1) is 0 Å². The van der Waals surface area contributed by atoms with Gasteiger partial charge in [0.1, 0.15) is 0 Å². The summed E-state index contributed by atoms with van der Waals surface area (Å²) in [5.74, 6) is -0.00636. The van der Waals surface area contributed by atoms with E-state index >= 15 is 0 Å². The molecule has 0 saturated heterocycles. The number of hydrogen-bond acceptors (Lipinski definition) is 2. The molecule has 0 radical (unpaired) electrons. The van der Waals surface area contributed by atoms with Gasteiger partial charge in [-0.3, -0.25) is 4.79 Å². The van der Waals surface area contributed by atoms with Crippen molar-refractivity contribution in [2.45, 2.75) is 50.6 Å². The Balaban J connectivity index is 1.77. The van der Waals surface area contributed by atoms with Crippen molar-refractivity contribution < 1.29 is 4.79 Å². The van der Waals surface area contributed by atoms with Crippen LogP contribution in [0.4, 0.5) is 0 Å². The Labute approximate surface area is 109 Å². The number of nitrogens with one attached hydrogen (secondary N) is 1. The molecule has 2 rings (SSSR count). The minimum atomic E-state index is -0.400. The molecule has 0 bridgehead atoms. The molecular weight excluding hydrogens is 224 g/mol. The first-order chi connectivity index (χ1) is 8.59. The molecule has 1 saturated carbocycles. The van der Waals surface area contributed by atoms with Crippen LogP contribution in [0, 0.1) is 0 Å². The summed E-state index contributed by atoms with van der Waals surface area (Å²) in [5.41, 5.74) is 7.17. The fraction of sp³-hybridized carbons (Fsp3) is 0.533. The van der Waals surface area contributed by atoms with E-state index in [0.29, 0.717) is 6.42 Å². The molecule has 1 amide bonds. The molecular formula is C15H22N2O. The normalized spacial score (nSPS) is 18.8. The van der Waals surface area contributed by atoms with Crippen LogP contribution in [0.5, 0.6) is 0 Å². The molecule has 0 aliphatic heterocycles. The second-order valence-corrected chi connectivity index (χ2v) is 5.53. The van der Waals surface area contributed by atoms with Crippen molar-refractivity contribution in [3.63, 3.8) is 0 Å². The Morgan fingerprint density at radius 2 is 2.06 bits per heavy atom. The van der Waals surface area contributed by atoms with E-state index in [1.165, 1.54) is 12.0 Å². The lowest BCUT2D eigenvalue weighted by Gasteiger charge is -2.39. The van der Waals surface area contributed by atoms with Gasteiger partial charge in [-0.2, -0.15) is 0 Å². The predicted molar refractivity (Wildman–Crippen MR) is 73.1 cm³/mol. The molecule has 1 aliphatic carbocycles. The minimum Gasteiger partial charge on any atom is -0.350 e. The Kier molecular flexibility index (Phi) is 4.02. The van der Waals surface area contributed by atoms with Gasteiger partial charge in [-0.25, -0.2) is 0 Å². The van der Waals surface area contributed by atoms with Crippen molar-refractivity contribution in [2.24, 2.45) is 5.73 Å². The minimum absolute atomic E-state index is 0.00144. The van der Waals surface area contributed by atoms with E-state index in [9.17, 15) is 4.79 Å². The van der Waals surface area contributed by atoms with Crippen molar-refractivity contribution in [3.05, 3.63) is 35.9 Å². The number of aryl methyl sites for hydroxylation is 1. The Morgan fingerprint density at radius 1 is 1.39 bits per heavy atom. The van der Waals surface area contributed by atoms with Gasteiger partial charge in [0.15, 0.2) is 0 Å². The number of carbonyl (C=O) groups excluding carboxylic acids is 1. The summed E-state index contributed by atoms with van der Waals surface area (Å²) in [6.45, 7) is 2.10. The first kappa shape index (κ1) is 13.1. The number of hydrogen-bond donors (Lipinski definition) is 2. The highest BCUT2D eigenvalue weighted by Crippen LogP contribution is 2.30. The molecule has 3 N–H and O–H groups in total. The number of rotatable bonds is 5. The predicted octanol–water partition coefficient (Wildman–Crippen LogP) is 2.01. The Bertz CT molecular complexity index is 398. The third-order valence-electron chi connectivity index (χ3n) is 3.81. The van der Waals surface area contributed by atoms with E-state index in [2.05, 4.69) is 24.4 Å². The monoisotopic (exact) mass is 246 g/mol. The lowest BCUT2D eigenvalue weighted by atomic mass is 9.78. The van der Waals surface area contributed by atoms with E-state index in [0.717, 1.165) is 19.3 Å². The zero-order valence-electron chi connectivity index (χ0n) is 11.0. The fourth-order valence-electron chi connectivity index (χ4n) is 2.32. The molecule has 0 spiro atoms. The smallest absolute Gasteiger partial charge is 0.237 e. The van der Waals surface area contributed by atoms with Crippen LogP contribution in [-0.4, -0.2) is 17.5 Å². The van der Waals surface area contributed by atoms with E-state index < -0.39 is 6.04 Å². The first-order valence-corrected chi connectivity index (χ1v) is 6.71. The van der Waals surface area contributed by atoms with Gasteiger partial charge >= 0.3 is 0 Å². The molecule has 3 heteroatoms. The summed E-state index contributed by atoms with van der Waals surface area (Å²) >= 11 is 0. The molecule has 3 nitrogen and oxygen atoms in total. The molecule has 0 heterocycles. The maximum absolute atomic E-state index is 11.9. The summed E-state index contributed by atoms with van der Waals surface area (Å²) in [6.07, 6.45) is 4.91. The molecule has 18 heavy (non-hydrogen) atoms. The maximum Gasteiger partial charge on any atom is 0.237 e. The second-order valence-electron chi connectivity index (χ2n) is 5.53. The summed E-state index contributed by atoms with van der Waals surface area (Å²) in [7, 11) is 0. The zero-order chi connectivity index (χ0) is 13.0. The van der Waals surface area contributed by atoms with Gasteiger partial charge in [0, 0.05) is 5.54 Å². The average molecular weight is 246 g/mol. The summed E-state index contributed by atoms with van der Waals surface area (Å²) in [4.78, 5) is 11.9. The van der Waals surface area contributed by atoms with Crippen molar-refractivity contribution in [2.75, 3.05) is 0 Å². The van der Waals surface area contributed by atoms with Gasteiger partial charge in [0.25, 0.3) is 0 Å². The second kappa shape index (κ2) is 5.53. The van der Waals surface area contributed by atoms with Gasteiger partial charge in [0.2, 0.25) is 5.91 Å².